The molecule has 0 aromatic rings. The summed E-state index contributed by atoms with van der Waals surface area (Å²) in [4.78, 5) is 40.2. The molecule has 0 amide bonds. The molecule has 0 rings (SSSR count). The smallest absolute Gasteiger partial charge is 0.306 e. The Morgan fingerprint density at radius 1 is 0.431 bits per heavy atom. The molecular formula is C51H99NO6. The van der Waals surface area contributed by atoms with Crippen molar-refractivity contribution in [1.82, 2.24) is 4.90 Å². The molecule has 0 aromatic carbocycles. The third-order valence-corrected chi connectivity index (χ3v) is 12.2. The molecule has 0 radical (unpaired) electrons. The lowest BCUT2D eigenvalue weighted by Crippen LogP contribution is -2.28. The van der Waals surface area contributed by atoms with Crippen molar-refractivity contribution < 1.29 is 28.6 Å². The first-order valence-corrected chi connectivity index (χ1v) is 25.4. The van der Waals surface area contributed by atoms with Crippen molar-refractivity contribution in [1.29, 1.82) is 0 Å². The predicted molar refractivity (Wildman–Crippen MR) is 246 cm³/mol. The van der Waals surface area contributed by atoms with Gasteiger partial charge in [0.25, 0.3) is 0 Å². The van der Waals surface area contributed by atoms with Crippen molar-refractivity contribution in [2.75, 3.05) is 26.8 Å². The molecule has 0 aliphatic heterocycles. The number of esters is 3. The zero-order chi connectivity index (χ0) is 42.9. The topological polar surface area (TPSA) is 82.1 Å². The van der Waals surface area contributed by atoms with E-state index in [2.05, 4.69) is 53.5 Å². The summed E-state index contributed by atoms with van der Waals surface area (Å²) < 4.78 is 17.4. The second kappa shape index (κ2) is 42.1. The molecule has 0 saturated carbocycles. The van der Waals surface area contributed by atoms with E-state index in [1.807, 2.05) is 0 Å². The molecule has 344 valence electrons. The van der Waals surface area contributed by atoms with Gasteiger partial charge in [-0.3, -0.25) is 14.4 Å². The Morgan fingerprint density at radius 2 is 0.776 bits per heavy atom. The highest BCUT2D eigenvalue weighted by molar-refractivity contribution is 5.70. The van der Waals surface area contributed by atoms with Crippen LogP contribution in [0, 0.1) is 11.8 Å². The van der Waals surface area contributed by atoms with Crippen LogP contribution in [0.2, 0.25) is 0 Å². The van der Waals surface area contributed by atoms with Gasteiger partial charge < -0.3 is 19.1 Å². The lowest BCUT2D eigenvalue weighted by Gasteiger charge is -2.21. The summed E-state index contributed by atoms with van der Waals surface area (Å²) in [6.07, 6.45) is 37.0. The van der Waals surface area contributed by atoms with Crippen LogP contribution in [0.5, 0.6) is 0 Å². The fourth-order valence-corrected chi connectivity index (χ4v) is 7.99. The maximum Gasteiger partial charge on any atom is 0.306 e. The van der Waals surface area contributed by atoms with E-state index in [0.29, 0.717) is 50.4 Å². The van der Waals surface area contributed by atoms with Crippen molar-refractivity contribution in [2.45, 2.75) is 272 Å². The molecule has 0 aliphatic rings. The predicted octanol–water partition coefficient (Wildman–Crippen LogP) is 14.9. The number of hydrogen-bond acceptors (Lipinski definition) is 7. The summed E-state index contributed by atoms with van der Waals surface area (Å²) in [5.74, 6) is 0.915. The van der Waals surface area contributed by atoms with E-state index in [0.717, 1.165) is 116 Å². The SMILES string of the molecule is CCCCCC(CCCCC)CC(=O)OCCCCCCCCC(CCCCCCCCOC(=O)CC(CCCCC)CCCCC)OC(=O)CCCN(C)C(C)C. The Hall–Kier alpha value is -1.63. The molecule has 0 saturated heterocycles. The van der Waals surface area contributed by atoms with Crippen molar-refractivity contribution in [3.8, 4) is 0 Å². The molecule has 0 spiro atoms. The monoisotopic (exact) mass is 822 g/mol. The average Bonchev–Trinajstić information content (AvgIpc) is 3.19. The third kappa shape index (κ3) is 37.4. The minimum atomic E-state index is -0.0484. The number of carbonyl (C=O) groups excluding carboxylic acids is 3. The molecule has 0 heterocycles. The highest BCUT2D eigenvalue weighted by Gasteiger charge is 2.17. The van der Waals surface area contributed by atoms with E-state index in [-0.39, 0.29) is 24.0 Å². The fraction of sp³-hybridized carbons (Fsp3) is 0.941. The number of ether oxygens (including phenoxy) is 3. The molecule has 0 aromatic heterocycles. The zero-order valence-electron chi connectivity index (χ0n) is 39.9. The molecular weight excluding hydrogens is 723 g/mol. The van der Waals surface area contributed by atoms with Gasteiger partial charge in [0.2, 0.25) is 0 Å². The second-order valence-electron chi connectivity index (χ2n) is 18.2. The van der Waals surface area contributed by atoms with Crippen LogP contribution in [0.25, 0.3) is 0 Å². The Morgan fingerprint density at radius 3 is 1.14 bits per heavy atom. The van der Waals surface area contributed by atoms with Gasteiger partial charge in [-0.25, -0.2) is 0 Å². The van der Waals surface area contributed by atoms with Crippen LogP contribution in [0.3, 0.4) is 0 Å². The summed E-state index contributed by atoms with van der Waals surface area (Å²) >= 11 is 0. The minimum absolute atomic E-state index is 0.00195. The van der Waals surface area contributed by atoms with Crippen LogP contribution in [-0.2, 0) is 28.6 Å². The summed E-state index contributed by atoms with van der Waals surface area (Å²) in [7, 11) is 2.11. The average molecular weight is 822 g/mol. The van der Waals surface area contributed by atoms with Crippen LogP contribution >= 0.6 is 0 Å². The van der Waals surface area contributed by atoms with Gasteiger partial charge in [0.15, 0.2) is 0 Å². The van der Waals surface area contributed by atoms with E-state index < -0.39 is 0 Å². The molecule has 0 N–H and O–H groups in total. The van der Waals surface area contributed by atoms with E-state index in [9.17, 15) is 14.4 Å². The fourth-order valence-electron chi connectivity index (χ4n) is 7.99. The normalized spacial score (nSPS) is 11.8. The van der Waals surface area contributed by atoms with E-state index in [1.54, 1.807) is 0 Å². The molecule has 0 bridgehead atoms. The number of carbonyl (C=O) groups is 3. The molecule has 0 atom stereocenters. The van der Waals surface area contributed by atoms with Crippen molar-refractivity contribution >= 4 is 17.9 Å². The quantitative estimate of drug-likeness (QED) is 0.0344. The number of hydrogen-bond donors (Lipinski definition) is 0. The van der Waals surface area contributed by atoms with E-state index >= 15 is 0 Å². The first-order valence-electron chi connectivity index (χ1n) is 25.4. The lowest BCUT2D eigenvalue weighted by molar-refractivity contribution is -0.150. The maximum absolute atomic E-state index is 12.8. The molecule has 7 heteroatoms. The summed E-state index contributed by atoms with van der Waals surface area (Å²) in [5.41, 5.74) is 0. The molecule has 0 unspecified atom stereocenters. The first kappa shape index (κ1) is 56.4. The summed E-state index contributed by atoms with van der Waals surface area (Å²) in [6, 6.07) is 0.477. The molecule has 7 nitrogen and oxygen atoms in total. The van der Waals surface area contributed by atoms with Gasteiger partial charge in [-0.1, -0.05) is 156 Å². The Kier molecular flexibility index (Phi) is 40.9. The van der Waals surface area contributed by atoms with Crippen LogP contribution in [0.4, 0.5) is 0 Å². The van der Waals surface area contributed by atoms with Gasteiger partial charge in [0.1, 0.15) is 6.10 Å². The van der Waals surface area contributed by atoms with Crippen molar-refractivity contribution in [3.63, 3.8) is 0 Å². The van der Waals surface area contributed by atoms with Crippen molar-refractivity contribution in [3.05, 3.63) is 0 Å². The summed E-state index contributed by atoms with van der Waals surface area (Å²) in [5, 5.41) is 0. The highest BCUT2D eigenvalue weighted by Crippen LogP contribution is 2.24. The Labute approximate surface area is 361 Å². The number of rotatable bonds is 44. The molecule has 58 heavy (non-hydrogen) atoms. The van der Waals surface area contributed by atoms with Gasteiger partial charge in [0.05, 0.1) is 13.2 Å². The highest BCUT2D eigenvalue weighted by atomic mass is 16.5. The Bertz CT molecular complexity index is 849. The Balaban J connectivity index is 4.43. The molecule has 0 aliphatic carbocycles. The zero-order valence-corrected chi connectivity index (χ0v) is 39.9. The van der Waals surface area contributed by atoms with Crippen LogP contribution in [0.1, 0.15) is 260 Å². The van der Waals surface area contributed by atoms with Gasteiger partial charge >= 0.3 is 17.9 Å². The minimum Gasteiger partial charge on any atom is -0.466 e. The second-order valence-corrected chi connectivity index (χ2v) is 18.2. The van der Waals surface area contributed by atoms with E-state index in [4.69, 9.17) is 14.2 Å². The molecule has 0 fully saturated rings. The third-order valence-electron chi connectivity index (χ3n) is 12.2. The van der Waals surface area contributed by atoms with Gasteiger partial charge in [-0.15, -0.1) is 0 Å². The standard InChI is InChI=1S/C51H99NO6/c1-8-12-24-33-46(34-25-13-9-2)43-50(54)56-41-30-22-18-16-20-28-37-48(58-49(53)39-32-40-52(7)45(5)6)38-29-21-17-19-23-31-42-57-51(55)44-47(35-26-14-10-3)36-27-15-11-4/h45-48H,8-44H2,1-7H3. The number of unbranched alkanes of at least 4 members (excludes halogenated alkanes) is 18. The van der Waals surface area contributed by atoms with Crippen molar-refractivity contribution in [2.24, 2.45) is 11.8 Å². The largest absolute Gasteiger partial charge is 0.466 e. The maximum atomic E-state index is 12.8. The van der Waals surface area contributed by atoms with Gasteiger partial charge in [0, 0.05) is 25.3 Å². The first-order chi connectivity index (χ1) is 28.2. The lowest BCUT2D eigenvalue weighted by atomic mass is 9.92. The van der Waals surface area contributed by atoms with Crippen LogP contribution in [0.15, 0.2) is 0 Å². The number of nitrogens with zero attached hydrogens (tertiary/aromatic N) is 1. The van der Waals surface area contributed by atoms with Gasteiger partial charge in [-0.2, -0.15) is 0 Å². The van der Waals surface area contributed by atoms with Gasteiger partial charge in [-0.05, 0) is 110 Å². The van der Waals surface area contributed by atoms with Crippen LogP contribution in [-0.4, -0.2) is 61.8 Å². The summed E-state index contributed by atoms with van der Waals surface area (Å²) in [6.45, 7) is 15.3. The van der Waals surface area contributed by atoms with Crippen LogP contribution < -0.4 is 0 Å². The van der Waals surface area contributed by atoms with E-state index in [1.165, 1.54) is 89.9 Å².